The molecular formula is C17H23N3S. The summed E-state index contributed by atoms with van der Waals surface area (Å²) in [5.74, 6) is 0.875. The maximum atomic E-state index is 6.39. The standard InChI is InChI=1S/C17H23N3S/c1-11-19-14-10-16(13(18)9-17(14)21-11)20-8-4-6-12-5-2-3-7-15(12)20/h9-10,12,15H,2-8,18H2,1H3. The zero-order chi connectivity index (χ0) is 14.4. The molecule has 2 heterocycles. The smallest absolute Gasteiger partial charge is 0.0907 e. The first-order chi connectivity index (χ1) is 10.2. The Kier molecular flexibility index (Phi) is 3.29. The van der Waals surface area contributed by atoms with Crippen LogP contribution in [0.5, 0.6) is 0 Å². The highest BCUT2D eigenvalue weighted by atomic mass is 32.1. The first-order valence-corrected chi connectivity index (χ1v) is 8.97. The summed E-state index contributed by atoms with van der Waals surface area (Å²) in [5, 5.41) is 1.12. The molecule has 1 saturated heterocycles. The third-order valence-corrected chi connectivity index (χ3v) is 6.13. The molecular weight excluding hydrogens is 278 g/mol. The van der Waals surface area contributed by atoms with Crippen LogP contribution in [0.1, 0.15) is 43.5 Å². The zero-order valence-electron chi connectivity index (χ0n) is 12.6. The van der Waals surface area contributed by atoms with Gasteiger partial charge in [-0.2, -0.15) is 0 Å². The van der Waals surface area contributed by atoms with E-state index >= 15 is 0 Å². The van der Waals surface area contributed by atoms with Crippen LogP contribution < -0.4 is 10.6 Å². The first-order valence-electron chi connectivity index (χ1n) is 8.15. The van der Waals surface area contributed by atoms with Crippen molar-refractivity contribution in [3.8, 4) is 0 Å². The number of fused-ring (bicyclic) bond motifs is 2. The van der Waals surface area contributed by atoms with E-state index in [0.29, 0.717) is 6.04 Å². The van der Waals surface area contributed by atoms with Crippen molar-refractivity contribution < 1.29 is 0 Å². The largest absolute Gasteiger partial charge is 0.397 e. The molecule has 2 aromatic rings. The number of hydrogen-bond acceptors (Lipinski definition) is 4. The highest BCUT2D eigenvalue weighted by Crippen LogP contribution is 2.41. The number of piperidine rings is 1. The Hall–Kier alpha value is -1.29. The average molecular weight is 301 g/mol. The molecule has 21 heavy (non-hydrogen) atoms. The van der Waals surface area contributed by atoms with Crippen molar-refractivity contribution in [3.63, 3.8) is 0 Å². The summed E-state index contributed by atoms with van der Waals surface area (Å²) in [6.45, 7) is 3.22. The average Bonchev–Trinajstić information content (AvgIpc) is 2.85. The molecule has 2 N–H and O–H groups in total. The van der Waals surface area contributed by atoms with Crippen LogP contribution in [-0.4, -0.2) is 17.6 Å². The zero-order valence-corrected chi connectivity index (χ0v) is 13.5. The number of rotatable bonds is 1. The summed E-state index contributed by atoms with van der Waals surface area (Å²) in [7, 11) is 0. The number of aryl methyl sites for hydroxylation is 1. The van der Waals surface area contributed by atoms with Gasteiger partial charge in [0, 0.05) is 12.6 Å². The lowest BCUT2D eigenvalue weighted by atomic mass is 9.78. The lowest BCUT2D eigenvalue weighted by Crippen LogP contribution is -2.47. The molecule has 1 aliphatic heterocycles. The van der Waals surface area contributed by atoms with E-state index in [2.05, 4.69) is 28.9 Å². The molecule has 2 unspecified atom stereocenters. The Morgan fingerprint density at radius 3 is 2.90 bits per heavy atom. The number of hydrogen-bond donors (Lipinski definition) is 1. The van der Waals surface area contributed by atoms with Crippen LogP contribution in [0.2, 0.25) is 0 Å². The van der Waals surface area contributed by atoms with Gasteiger partial charge in [-0.25, -0.2) is 4.98 Å². The Balaban J connectivity index is 1.75. The van der Waals surface area contributed by atoms with Gasteiger partial charge in [0.05, 0.1) is 26.6 Å². The fourth-order valence-electron chi connectivity index (χ4n) is 4.27. The summed E-state index contributed by atoms with van der Waals surface area (Å²) < 4.78 is 1.21. The van der Waals surface area contributed by atoms with Crippen molar-refractivity contribution >= 4 is 32.9 Å². The number of anilines is 2. The number of aromatic nitrogens is 1. The van der Waals surface area contributed by atoms with Gasteiger partial charge < -0.3 is 10.6 Å². The molecule has 1 aromatic heterocycles. The molecule has 1 aromatic carbocycles. The summed E-state index contributed by atoms with van der Waals surface area (Å²) in [6, 6.07) is 5.06. The molecule has 4 heteroatoms. The molecule has 0 amide bonds. The van der Waals surface area contributed by atoms with Gasteiger partial charge in [0.25, 0.3) is 0 Å². The minimum absolute atomic E-state index is 0.701. The van der Waals surface area contributed by atoms with E-state index in [4.69, 9.17) is 5.73 Å². The van der Waals surface area contributed by atoms with Crippen LogP contribution in [-0.2, 0) is 0 Å². The predicted molar refractivity (Wildman–Crippen MR) is 91.1 cm³/mol. The number of benzene rings is 1. The van der Waals surface area contributed by atoms with Crippen molar-refractivity contribution in [2.24, 2.45) is 5.92 Å². The van der Waals surface area contributed by atoms with Gasteiger partial charge in [-0.15, -0.1) is 11.3 Å². The second-order valence-corrected chi connectivity index (χ2v) is 7.79. The lowest BCUT2D eigenvalue weighted by Gasteiger charge is -2.45. The second kappa shape index (κ2) is 5.16. The minimum Gasteiger partial charge on any atom is -0.397 e. The topological polar surface area (TPSA) is 42.2 Å². The predicted octanol–water partition coefficient (Wildman–Crippen LogP) is 4.35. The van der Waals surface area contributed by atoms with Gasteiger partial charge in [0.2, 0.25) is 0 Å². The molecule has 3 nitrogen and oxygen atoms in total. The minimum atomic E-state index is 0.701. The SMILES string of the molecule is Cc1nc2cc(N3CCCC4CCCCC43)c(N)cc2s1. The van der Waals surface area contributed by atoms with Crippen LogP contribution in [0.3, 0.4) is 0 Å². The highest BCUT2D eigenvalue weighted by molar-refractivity contribution is 7.18. The molecule has 1 aliphatic carbocycles. The molecule has 112 valence electrons. The number of thiazole rings is 1. The fourth-order valence-corrected chi connectivity index (χ4v) is 5.12. The van der Waals surface area contributed by atoms with Gasteiger partial charge in [0.1, 0.15) is 0 Å². The summed E-state index contributed by atoms with van der Waals surface area (Å²) in [4.78, 5) is 7.24. The van der Waals surface area contributed by atoms with Crippen molar-refractivity contribution in [2.75, 3.05) is 17.2 Å². The molecule has 2 atom stereocenters. The van der Waals surface area contributed by atoms with Crippen LogP contribution >= 0.6 is 11.3 Å². The lowest BCUT2D eigenvalue weighted by molar-refractivity contribution is 0.244. The quantitative estimate of drug-likeness (QED) is 0.796. The van der Waals surface area contributed by atoms with Crippen LogP contribution in [0.25, 0.3) is 10.2 Å². The van der Waals surface area contributed by atoms with Gasteiger partial charge in [-0.05, 0) is 50.7 Å². The summed E-state index contributed by atoms with van der Waals surface area (Å²) in [5.41, 5.74) is 9.65. The Bertz CT molecular complexity index is 661. The van der Waals surface area contributed by atoms with Gasteiger partial charge in [0.15, 0.2) is 0 Å². The van der Waals surface area contributed by atoms with Crippen molar-refractivity contribution in [1.29, 1.82) is 0 Å². The first kappa shape index (κ1) is 13.4. The third-order valence-electron chi connectivity index (χ3n) is 5.20. The van der Waals surface area contributed by atoms with E-state index in [0.717, 1.165) is 28.7 Å². The van der Waals surface area contributed by atoms with E-state index in [1.807, 2.05) is 0 Å². The van der Waals surface area contributed by atoms with Crippen LogP contribution in [0.15, 0.2) is 12.1 Å². The van der Waals surface area contributed by atoms with Crippen molar-refractivity contribution in [3.05, 3.63) is 17.1 Å². The number of nitrogens with two attached hydrogens (primary N) is 1. The molecule has 2 aliphatic rings. The van der Waals surface area contributed by atoms with Crippen molar-refractivity contribution in [2.45, 2.75) is 51.5 Å². The molecule has 0 radical (unpaired) electrons. The van der Waals surface area contributed by atoms with E-state index in [1.54, 1.807) is 11.3 Å². The molecule has 4 rings (SSSR count). The number of nitrogens with zero attached hydrogens (tertiary/aromatic N) is 2. The van der Waals surface area contributed by atoms with E-state index in [1.165, 1.54) is 48.9 Å². The highest BCUT2D eigenvalue weighted by Gasteiger charge is 2.34. The fraction of sp³-hybridized carbons (Fsp3) is 0.588. The van der Waals surface area contributed by atoms with Crippen molar-refractivity contribution in [1.82, 2.24) is 4.98 Å². The Labute approximate surface area is 130 Å². The normalized spacial score (nSPS) is 26.0. The number of nitrogen functional groups attached to an aromatic ring is 1. The van der Waals surface area contributed by atoms with Crippen LogP contribution in [0.4, 0.5) is 11.4 Å². The van der Waals surface area contributed by atoms with Gasteiger partial charge in [-0.1, -0.05) is 12.8 Å². The van der Waals surface area contributed by atoms with Gasteiger partial charge >= 0.3 is 0 Å². The van der Waals surface area contributed by atoms with E-state index in [-0.39, 0.29) is 0 Å². The maximum absolute atomic E-state index is 6.39. The Morgan fingerprint density at radius 1 is 1.19 bits per heavy atom. The second-order valence-electron chi connectivity index (χ2n) is 6.56. The third kappa shape index (κ3) is 2.30. The molecule has 2 fully saturated rings. The van der Waals surface area contributed by atoms with E-state index < -0.39 is 0 Å². The summed E-state index contributed by atoms with van der Waals surface area (Å²) >= 11 is 1.73. The maximum Gasteiger partial charge on any atom is 0.0907 e. The molecule has 0 spiro atoms. The molecule has 0 bridgehead atoms. The Morgan fingerprint density at radius 2 is 2.00 bits per heavy atom. The van der Waals surface area contributed by atoms with Crippen LogP contribution in [0, 0.1) is 12.8 Å². The monoisotopic (exact) mass is 301 g/mol. The van der Waals surface area contributed by atoms with Gasteiger partial charge in [-0.3, -0.25) is 0 Å². The molecule has 1 saturated carbocycles. The van der Waals surface area contributed by atoms with E-state index in [9.17, 15) is 0 Å². The summed E-state index contributed by atoms with van der Waals surface area (Å²) in [6.07, 6.45) is 8.22.